The van der Waals surface area contributed by atoms with E-state index < -0.39 is 20.3 Å². The monoisotopic (exact) mass is 560 g/mol. The van der Waals surface area contributed by atoms with Crippen LogP contribution in [0.25, 0.3) is 22.3 Å². The third kappa shape index (κ3) is 4.08. The molecule has 0 spiro atoms. The van der Waals surface area contributed by atoms with Gasteiger partial charge in [-0.2, -0.15) is 0 Å². The molecule has 0 atom stereocenters. The second-order valence-electron chi connectivity index (χ2n) is 5.99. The van der Waals surface area contributed by atoms with Gasteiger partial charge in [0.15, 0.2) is 0 Å². The number of hydrogen-bond acceptors (Lipinski definition) is 3. The minimum atomic E-state index is -1.55. The van der Waals surface area contributed by atoms with Gasteiger partial charge in [0, 0.05) is 0 Å². The number of benzene rings is 3. The average Bonchev–Trinajstić information content (AvgIpc) is 2.67. The third-order valence-corrected chi connectivity index (χ3v) is 11.5. The van der Waals surface area contributed by atoms with E-state index in [-0.39, 0.29) is 0 Å². The molecule has 0 unspecified atom stereocenters. The van der Waals surface area contributed by atoms with Gasteiger partial charge < -0.3 is 0 Å². The molecule has 0 aliphatic heterocycles. The van der Waals surface area contributed by atoms with Crippen LogP contribution in [0.4, 0.5) is 0 Å². The molecule has 0 saturated heterocycles. The number of rotatable bonds is 6. The van der Waals surface area contributed by atoms with Crippen molar-refractivity contribution in [1.82, 2.24) is 0 Å². The maximum atomic E-state index is 5.63. The Hall–Kier alpha value is -1.51. The number of ether oxygens (including phenoxy) is 2. The maximum absolute atomic E-state index is 5.63. The van der Waals surface area contributed by atoms with E-state index in [2.05, 4.69) is 60.2 Å². The molecule has 2 nitrogen and oxygen atoms in total. The molecular formula is C22H23BiO2S. The first kappa shape index (κ1) is 19.3. The molecule has 0 fully saturated rings. The summed E-state index contributed by atoms with van der Waals surface area (Å²) >= 11 is -1.55. The molecule has 0 saturated carbocycles. The first-order valence-corrected chi connectivity index (χ1v) is 20.4. The average molecular weight is 560 g/mol. The van der Waals surface area contributed by atoms with Crippen molar-refractivity contribution in [2.24, 2.45) is 0 Å². The summed E-state index contributed by atoms with van der Waals surface area (Å²) in [5, 5.41) is 0. The fraction of sp³-hybridized carbons (Fsp3) is 0.182. The zero-order chi connectivity index (χ0) is 18.5. The Bertz CT molecular complexity index is 827. The van der Waals surface area contributed by atoms with Crippen LogP contribution in [0.1, 0.15) is 0 Å². The van der Waals surface area contributed by atoms with E-state index >= 15 is 0 Å². The second-order valence-corrected chi connectivity index (χ2v) is 21.4. The van der Waals surface area contributed by atoms with Gasteiger partial charge in [-0.3, -0.25) is 0 Å². The number of methoxy groups -OCH3 is 2. The van der Waals surface area contributed by atoms with Crippen molar-refractivity contribution in [3.05, 3.63) is 66.7 Å². The predicted molar refractivity (Wildman–Crippen MR) is 114 cm³/mol. The van der Waals surface area contributed by atoms with Crippen molar-refractivity contribution in [2.45, 2.75) is 14.2 Å². The van der Waals surface area contributed by atoms with Gasteiger partial charge in [-0.05, 0) is 0 Å². The summed E-state index contributed by atoms with van der Waals surface area (Å²) in [4.78, 5) is 1.34. The normalized spacial score (nSPS) is 10.8. The zero-order valence-electron chi connectivity index (χ0n) is 15.5. The van der Waals surface area contributed by atoms with Crippen LogP contribution in [0.3, 0.4) is 0 Å². The second kappa shape index (κ2) is 8.93. The van der Waals surface area contributed by atoms with Crippen LogP contribution in [0.15, 0.2) is 71.6 Å². The van der Waals surface area contributed by atoms with Crippen molar-refractivity contribution < 1.29 is 9.47 Å². The Labute approximate surface area is 166 Å². The molecule has 0 bridgehead atoms. The van der Waals surface area contributed by atoms with Gasteiger partial charge in [-0.1, -0.05) is 0 Å². The molecule has 0 aliphatic carbocycles. The van der Waals surface area contributed by atoms with E-state index in [4.69, 9.17) is 9.47 Å². The Morgan fingerprint density at radius 3 is 1.46 bits per heavy atom. The van der Waals surface area contributed by atoms with Crippen LogP contribution < -0.4 is 9.47 Å². The molecular weight excluding hydrogens is 537 g/mol. The summed E-state index contributed by atoms with van der Waals surface area (Å²) in [6.07, 6.45) is 0. The molecule has 3 rings (SSSR count). The quantitative estimate of drug-likeness (QED) is 0.326. The molecule has 0 amide bonds. The molecule has 134 valence electrons. The molecule has 0 radical (unpaired) electrons. The van der Waals surface area contributed by atoms with E-state index in [1.165, 1.54) is 16.0 Å². The van der Waals surface area contributed by atoms with Gasteiger partial charge in [-0.15, -0.1) is 0 Å². The fourth-order valence-corrected chi connectivity index (χ4v) is 10.4. The topological polar surface area (TPSA) is 18.5 Å². The van der Waals surface area contributed by atoms with Crippen molar-refractivity contribution in [2.75, 3.05) is 14.2 Å². The fourth-order valence-electron chi connectivity index (χ4n) is 2.98. The number of hydrogen-bond donors (Lipinski definition) is 0. The van der Waals surface area contributed by atoms with Crippen molar-refractivity contribution in [3.8, 4) is 33.8 Å². The molecule has 4 heteroatoms. The van der Waals surface area contributed by atoms with Gasteiger partial charge in [0.2, 0.25) is 0 Å². The Morgan fingerprint density at radius 2 is 1.04 bits per heavy atom. The van der Waals surface area contributed by atoms with Gasteiger partial charge in [0.05, 0.1) is 0 Å². The third-order valence-electron chi connectivity index (χ3n) is 4.08. The minimum absolute atomic E-state index is 0.907. The van der Waals surface area contributed by atoms with Crippen LogP contribution in [-0.4, -0.2) is 34.5 Å². The molecule has 26 heavy (non-hydrogen) atoms. The van der Waals surface area contributed by atoms with Crippen LogP contribution in [0.5, 0.6) is 11.5 Å². The van der Waals surface area contributed by atoms with E-state index in [1.807, 2.05) is 24.3 Å². The summed E-state index contributed by atoms with van der Waals surface area (Å²) in [6.45, 7) is 0. The summed E-state index contributed by atoms with van der Waals surface area (Å²) in [5.74, 6) is 1.81. The molecule has 0 N–H and O–H groups in total. The first-order valence-electron chi connectivity index (χ1n) is 8.40. The Morgan fingerprint density at radius 1 is 0.615 bits per heavy atom. The van der Waals surface area contributed by atoms with Gasteiger partial charge >= 0.3 is 167 Å². The van der Waals surface area contributed by atoms with Crippen LogP contribution in [0.2, 0.25) is 9.26 Å². The van der Waals surface area contributed by atoms with Crippen LogP contribution >= 0.6 is 8.52 Å². The Balaban J connectivity index is 2.27. The van der Waals surface area contributed by atoms with Gasteiger partial charge in [-0.25, -0.2) is 0 Å². The van der Waals surface area contributed by atoms with E-state index in [1.54, 1.807) is 14.2 Å². The summed E-state index contributed by atoms with van der Waals surface area (Å²) in [7, 11) is 5.54. The standard InChI is InChI=1S/C20H18O2S.2CH3.Bi/c1-21-18-12-5-3-8-14(18)16-10-7-11-17(20(16)23)15-9-4-6-13-19(15)22-2;;;/h3-13,23H,1-2H3;2*1H3;/q;;;+1/p-1. The molecule has 3 aromatic carbocycles. The predicted octanol–water partition coefficient (Wildman–Crippen LogP) is 6.38. The van der Waals surface area contributed by atoms with Crippen molar-refractivity contribution in [1.29, 1.82) is 0 Å². The van der Waals surface area contributed by atoms with E-state index in [0.29, 0.717) is 0 Å². The van der Waals surface area contributed by atoms with E-state index in [0.717, 1.165) is 22.6 Å². The SMILES string of the molecule is COc1ccccc1-c1cccc(-c2ccccc2OC)c1[S][Bi]([CH3])[CH3]. The molecule has 0 aromatic heterocycles. The zero-order valence-corrected chi connectivity index (χ0v) is 19.8. The van der Waals surface area contributed by atoms with Gasteiger partial charge in [0.1, 0.15) is 0 Å². The van der Waals surface area contributed by atoms with Crippen LogP contribution in [-0.2, 0) is 0 Å². The van der Waals surface area contributed by atoms with Crippen molar-refractivity contribution >= 4 is 28.8 Å². The van der Waals surface area contributed by atoms with E-state index in [9.17, 15) is 0 Å². The van der Waals surface area contributed by atoms with Crippen molar-refractivity contribution in [3.63, 3.8) is 0 Å². The molecule has 0 heterocycles. The number of para-hydroxylation sites is 2. The Kier molecular flexibility index (Phi) is 6.61. The van der Waals surface area contributed by atoms with Gasteiger partial charge in [0.25, 0.3) is 0 Å². The molecule has 3 aromatic rings. The summed E-state index contributed by atoms with van der Waals surface area (Å²) < 4.78 is 16.1. The molecule has 0 aliphatic rings. The first-order chi connectivity index (χ1) is 12.7. The summed E-state index contributed by atoms with van der Waals surface area (Å²) in [5.41, 5.74) is 4.75. The van der Waals surface area contributed by atoms with Crippen LogP contribution in [0, 0.1) is 0 Å². The summed E-state index contributed by atoms with van der Waals surface area (Å²) in [6, 6.07) is 23.0.